The lowest BCUT2D eigenvalue weighted by Crippen LogP contribution is -1.98. The molecule has 0 amide bonds. The van der Waals surface area contributed by atoms with Crippen LogP contribution in [-0.4, -0.2) is 25.6 Å². The maximum Gasteiger partial charge on any atom is 0.303 e. The summed E-state index contributed by atoms with van der Waals surface area (Å²) < 4.78 is 1.92. The van der Waals surface area contributed by atoms with Crippen molar-refractivity contribution in [2.45, 2.75) is 19.4 Å². The predicted molar refractivity (Wildman–Crippen MR) is 61.5 cm³/mol. The van der Waals surface area contributed by atoms with E-state index in [0.29, 0.717) is 13.0 Å². The largest absolute Gasteiger partial charge is 0.481 e. The molecule has 0 bridgehead atoms. The quantitative estimate of drug-likeness (QED) is 0.843. The highest BCUT2D eigenvalue weighted by Crippen LogP contribution is 2.04. The van der Waals surface area contributed by atoms with Crippen LogP contribution in [0.2, 0.25) is 0 Å². The van der Waals surface area contributed by atoms with Crippen molar-refractivity contribution in [2.75, 3.05) is 0 Å². The fourth-order valence-corrected chi connectivity index (χ4v) is 1.56. The molecule has 5 nitrogen and oxygen atoms in total. The van der Waals surface area contributed by atoms with Gasteiger partial charge in [0.1, 0.15) is 0 Å². The van der Waals surface area contributed by atoms with Gasteiger partial charge < -0.3 is 9.67 Å². The molecule has 88 valence electrons. The SMILES string of the molecule is O=C(O)CCc1cn(Cc2cccnc2)cn1. The molecule has 0 saturated heterocycles. The van der Waals surface area contributed by atoms with Gasteiger partial charge in [0.05, 0.1) is 25.0 Å². The molecule has 0 aliphatic rings. The van der Waals surface area contributed by atoms with Crippen LogP contribution in [0.25, 0.3) is 0 Å². The highest BCUT2D eigenvalue weighted by molar-refractivity contribution is 5.66. The number of pyridine rings is 1. The summed E-state index contributed by atoms with van der Waals surface area (Å²) in [5.41, 5.74) is 1.89. The van der Waals surface area contributed by atoms with Crippen LogP contribution in [0.1, 0.15) is 17.7 Å². The van der Waals surface area contributed by atoms with E-state index in [1.54, 1.807) is 18.7 Å². The maximum absolute atomic E-state index is 10.4. The summed E-state index contributed by atoms with van der Waals surface area (Å²) in [4.78, 5) is 18.6. The van der Waals surface area contributed by atoms with Gasteiger partial charge >= 0.3 is 5.97 Å². The van der Waals surface area contributed by atoms with Crippen LogP contribution in [0.3, 0.4) is 0 Å². The van der Waals surface area contributed by atoms with E-state index < -0.39 is 5.97 Å². The summed E-state index contributed by atoms with van der Waals surface area (Å²) in [6, 6.07) is 3.88. The molecule has 2 heterocycles. The van der Waals surface area contributed by atoms with Crippen LogP contribution in [0.4, 0.5) is 0 Å². The molecular formula is C12H13N3O2. The minimum Gasteiger partial charge on any atom is -0.481 e. The molecule has 1 N–H and O–H groups in total. The number of rotatable bonds is 5. The Balaban J connectivity index is 1.97. The lowest BCUT2D eigenvalue weighted by Gasteiger charge is -2.00. The first-order valence-electron chi connectivity index (χ1n) is 5.35. The molecule has 17 heavy (non-hydrogen) atoms. The van der Waals surface area contributed by atoms with Crippen molar-refractivity contribution < 1.29 is 9.90 Å². The molecule has 0 unspecified atom stereocenters. The van der Waals surface area contributed by atoms with Crippen LogP contribution in [0, 0.1) is 0 Å². The maximum atomic E-state index is 10.4. The van der Waals surface area contributed by atoms with E-state index in [4.69, 9.17) is 5.11 Å². The van der Waals surface area contributed by atoms with Crippen molar-refractivity contribution in [3.63, 3.8) is 0 Å². The Morgan fingerprint density at radius 3 is 3.06 bits per heavy atom. The van der Waals surface area contributed by atoms with Crippen LogP contribution in [-0.2, 0) is 17.8 Å². The Morgan fingerprint density at radius 2 is 2.35 bits per heavy atom. The topological polar surface area (TPSA) is 68.0 Å². The van der Waals surface area contributed by atoms with Crippen molar-refractivity contribution in [1.82, 2.24) is 14.5 Å². The zero-order chi connectivity index (χ0) is 12.1. The molecule has 0 aliphatic heterocycles. The Bertz CT molecular complexity index is 493. The van der Waals surface area contributed by atoms with Gasteiger partial charge in [0.15, 0.2) is 0 Å². The third-order valence-electron chi connectivity index (χ3n) is 2.37. The summed E-state index contributed by atoms with van der Waals surface area (Å²) >= 11 is 0. The van der Waals surface area contributed by atoms with Crippen molar-refractivity contribution in [3.8, 4) is 0 Å². The molecule has 5 heteroatoms. The lowest BCUT2D eigenvalue weighted by molar-refractivity contribution is -0.136. The van der Waals surface area contributed by atoms with Crippen molar-refractivity contribution >= 4 is 5.97 Å². The number of nitrogens with zero attached hydrogens (tertiary/aromatic N) is 3. The zero-order valence-electron chi connectivity index (χ0n) is 9.28. The fraction of sp³-hybridized carbons (Fsp3) is 0.250. The van der Waals surface area contributed by atoms with Gasteiger partial charge in [-0.05, 0) is 11.6 Å². The first-order valence-corrected chi connectivity index (χ1v) is 5.35. The number of carbonyl (C=O) groups is 1. The highest BCUT2D eigenvalue weighted by Gasteiger charge is 2.03. The van der Waals surface area contributed by atoms with E-state index in [-0.39, 0.29) is 6.42 Å². The summed E-state index contributed by atoms with van der Waals surface area (Å²) in [7, 11) is 0. The van der Waals surface area contributed by atoms with E-state index in [1.165, 1.54) is 0 Å². The Morgan fingerprint density at radius 1 is 1.47 bits per heavy atom. The van der Waals surface area contributed by atoms with Gasteiger partial charge in [-0.25, -0.2) is 4.98 Å². The monoisotopic (exact) mass is 231 g/mol. The van der Waals surface area contributed by atoms with Gasteiger partial charge in [-0.3, -0.25) is 9.78 Å². The molecule has 2 aromatic rings. The molecule has 0 spiro atoms. The molecule has 0 saturated carbocycles. The Labute approximate surface area is 98.8 Å². The smallest absolute Gasteiger partial charge is 0.303 e. The van der Waals surface area contributed by atoms with Gasteiger partial charge in [0.2, 0.25) is 0 Å². The van der Waals surface area contributed by atoms with Gasteiger partial charge in [0, 0.05) is 25.0 Å². The minimum atomic E-state index is -0.799. The zero-order valence-corrected chi connectivity index (χ0v) is 9.28. The predicted octanol–water partition coefficient (Wildman–Crippen LogP) is 1.34. The Kier molecular flexibility index (Phi) is 3.49. The molecule has 2 aromatic heterocycles. The number of aromatic nitrogens is 3. The normalized spacial score (nSPS) is 10.4. The molecule has 0 atom stereocenters. The van der Waals surface area contributed by atoms with E-state index in [0.717, 1.165) is 11.3 Å². The number of aryl methyl sites for hydroxylation is 1. The number of imidazole rings is 1. The van der Waals surface area contributed by atoms with Crippen molar-refractivity contribution in [2.24, 2.45) is 0 Å². The standard InChI is InChI=1S/C12H13N3O2/c16-12(17)4-3-11-8-15(9-14-11)7-10-2-1-5-13-6-10/h1-2,5-6,8-9H,3-4,7H2,(H,16,17). The summed E-state index contributed by atoms with van der Waals surface area (Å²) in [5.74, 6) is -0.799. The summed E-state index contributed by atoms with van der Waals surface area (Å²) in [5, 5.41) is 8.57. The number of aliphatic carboxylic acids is 1. The second-order valence-corrected chi connectivity index (χ2v) is 3.79. The molecular weight excluding hydrogens is 218 g/mol. The van der Waals surface area contributed by atoms with E-state index in [9.17, 15) is 4.79 Å². The molecule has 0 aromatic carbocycles. The first kappa shape index (κ1) is 11.3. The summed E-state index contributed by atoms with van der Waals surface area (Å²) in [6.45, 7) is 0.702. The molecule has 0 aliphatic carbocycles. The Hall–Kier alpha value is -2.17. The van der Waals surface area contributed by atoms with Crippen molar-refractivity contribution in [1.29, 1.82) is 0 Å². The minimum absolute atomic E-state index is 0.115. The molecule has 2 rings (SSSR count). The van der Waals surface area contributed by atoms with E-state index in [2.05, 4.69) is 9.97 Å². The van der Waals surface area contributed by atoms with Gasteiger partial charge in [-0.2, -0.15) is 0 Å². The second kappa shape index (κ2) is 5.25. The molecule has 0 fully saturated rings. The average Bonchev–Trinajstić information content (AvgIpc) is 2.75. The number of carboxylic acids is 1. The van der Waals surface area contributed by atoms with E-state index in [1.807, 2.05) is 22.9 Å². The first-order chi connectivity index (χ1) is 8.24. The fourth-order valence-electron chi connectivity index (χ4n) is 1.56. The number of carboxylic acid groups (broad SMARTS) is 1. The van der Waals surface area contributed by atoms with Gasteiger partial charge in [-0.15, -0.1) is 0 Å². The van der Waals surface area contributed by atoms with Crippen molar-refractivity contribution in [3.05, 3.63) is 48.3 Å². The van der Waals surface area contributed by atoms with Crippen LogP contribution in [0.5, 0.6) is 0 Å². The molecule has 0 radical (unpaired) electrons. The van der Waals surface area contributed by atoms with Gasteiger partial charge in [-0.1, -0.05) is 6.07 Å². The van der Waals surface area contributed by atoms with Crippen LogP contribution >= 0.6 is 0 Å². The third kappa shape index (κ3) is 3.41. The second-order valence-electron chi connectivity index (χ2n) is 3.79. The van der Waals surface area contributed by atoms with Gasteiger partial charge in [0.25, 0.3) is 0 Å². The third-order valence-corrected chi connectivity index (χ3v) is 2.37. The lowest BCUT2D eigenvalue weighted by atomic mass is 10.2. The number of hydrogen-bond donors (Lipinski definition) is 1. The highest BCUT2D eigenvalue weighted by atomic mass is 16.4. The van der Waals surface area contributed by atoms with Crippen LogP contribution in [0.15, 0.2) is 37.1 Å². The number of hydrogen-bond acceptors (Lipinski definition) is 3. The average molecular weight is 231 g/mol. The van der Waals surface area contributed by atoms with E-state index >= 15 is 0 Å². The van der Waals surface area contributed by atoms with Crippen LogP contribution < -0.4 is 0 Å². The summed E-state index contributed by atoms with van der Waals surface area (Å²) in [6.07, 6.45) is 7.70.